The summed E-state index contributed by atoms with van der Waals surface area (Å²) in [4.78, 5) is 14.9. The van der Waals surface area contributed by atoms with Crippen molar-refractivity contribution in [3.8, 4) is 6.19 Å². The number of nitrogens with one attached hydrogen (secondary N) is 2. The number of rotatable bonds is 2. The van der Waals surface area contributed by atoms with Crippen molar-refractivity contribution in [2.24, 2.45) is 4.99 Å². The molecule has 1 aromatic rings. The molecule has 5 nitrogen and oxygen atoms in total. The second kappa shape index (κ2) is 6.97. The van der Waals surface area contributed by atoms with Crippen LogP contribution in [-0.2, 0) is 4.79 Å². The van der Waals surface area contributed by atoms with Crippen molar-refractivity contribution < 1.29 is 9.18 Å². The lowest BCUT2D eigenvalue weighted by molar-refractivity contribution is -0.114. The zero-order valence-electron chi connectivity index (χ0n) is 10.1. The fourth-order valence-electron chi connectivity index (χ4n) is 1.21. The molecule has 0 heterocycles. The van der Waals surface area contributed by atoms with Crippen LogP contribution in [0.4, 0.5) is 15.8 Å². The van der Waals surface area contributed by atoms with Crippen LogP contribution in [0.25, 0.3) is 0 Å². The molecule has 0 aliphatic heterocycles. The molecule has 1 aromatic carbocycles. The van der Waals surface area contributed by atoms with E-state index in [1.807, 2.05) is 0 Å². The Hall–Kier alpha value is -1.78. The number of amides is 1. The molecule has 0 aliphatic rings. The Labute approximate surface area is 118 Å². The molecule has 0 fully saturated rings. The minimum absolute atomic E-state index is 0.0337. The lowest BCUT2D eigenvalue weighted by Gasteiger charge is -2.08. The van der Waals surface area contributed by atoms with Gasteiger partial charge in [-0.05, 0) is 12.3 Å². The molecular formula is C11H10ClFN4OS. The SMILES string of the molecule is CSC(=Nc1cc(F)c(NC(C)=O)c(Cl)c1)NC#N. The molecule has 0 radical (unpaired) electrons. The zero-order valence-corrected chi connectivity index (χ0v) is 11.7. The van der Waals surface area contributed by atoms with E-state index < -0.39 is 11.7 Å². The highest BCUT2D eigenvalue weighted by Gasteiger charge is 2.11. The minimum Gasteiger partial charge on any atom is -0.323 e. The number of thioether (sulfide) groups is 1. The van der Waals surface area contributed by atoms with Gasteiger partial charge >= 0.3 is 0 Å². The highest BCUT2D eigenvalue weighted by atomic mass is 35.5. The molecule has 1 rings (SSSR count). The average molecular weight is 301 g/mol. The lowest BCUT2D eigenvalue weighted by atomic mass is 10.2. The lowest BCUT2D eigenvalue weighted by Crippen LogP contribution is -2.12. The van der Waals surface area contributed by atoms with E-state index in [1.54, 1.807) is 12.4 Å². The largest absolute Gasteiger partial charge is 0.323 e. The number of carbonyl (C=O) groups is 1. The minimum atomic E-state index is -0.695. The van der Waals surface area contributed by atoms with Crippen molar-refractivity contribution >= 4 is 45.8 Å². The van der Waals surface area contributed by atoms with Gasteiger partial charge in [-0.25, -0.2) is 9.38 Å². The molecule has 0 unspecified atom stereocenters. The molecule has 1 amide bonds. The Morgan fingerprint density at radius 2 is 2.26 bits per heavy atom. The first-order chi connectivity index (χ1) is 8.97. The molecule has 0 saturated carbocycles. The van der Waals surface area contributed by atoms with Crippen LogP contribution in [0.3, 0.4) is 0 Å². The van der Waals surface area contributed by atoms with Crippen molar-refractivity contribution in [2.75, 3.05) is 11.6 Å². The maximum absolute atomic E-state index is 13.8. The molecule has 0 atom stereocenters. The van der Waals surface area contributed by atoms with Crippen molar-refractivity contribution in [1.82, 2.24) is 5.32 Å². The van der Waals surface area contributed by atoms with E-state index in [0.717, 1.165) is 6.07 Å². The summed E-state index contributed by atoms with van der Waals surface area (Å²) in [5.41, 5.74) is 0.149. The number of aliphatic imine (C=N–C) groups is 1. The second-order valence-electron chi connectivity index (χ2n) is 3.32. The van der Waals surface area contributed by atoms with E-state index >= 15 is 0 Å². The summed E-state index contributed by atoms with van der Waals surface area (Å²) in [5.74, 6) is -1.12. The van der Waals surface area contributed by atoms with Gasteiger partial charge in [0.1, 0.15) is 5.82 Å². The maximum atomic E-state index is 13.8. The van der Waals surface area contributed by atoms with Gasteiger partial charge < -0.3 is 5.32 Å². The van der Waals surface area contributed by atoms with Gasteiger partial charge in [-0.15, -0.1) is 0 Å². The van der Waals surface area contributed by atoms with Gasteiger partial charge in [0.15, 0.2) is 11.4 Å². The fourth-order valence-corrected chi connectivity index (χ4v) is 1.80. The van der Waals surface area contributed by atoms with Gasteiger partial charge in [0.25, 0.3) is 0 Å². The summed E-state index contributed by atoms with van der Waals surface area (Å²) in [5, 5.41) is 13.5. The highest BCUT2D eigenvalue weighted by molar-refractivity contribution is 8.13. The van der Waals surface area contributed by atoms with Gasteiger partial charge in [0.2, 0.25) is 5.91 Å². The van der Waals surface area contributed by atoms with E-state index in [-0.39, 0.29) is 16.4 Å². The Morgan fingerprint density at radius 3 is 2.74 bits per heavy atom. The maximum Gasteiger partial charge on any atom is 0.221 e. The van der Waals surface area contributed by atoms with Crippen LogP contribution in [0.15, 0.2) is 17.1 Å². The normalized spacial score (nSPS) is 10.8. The third-order valence-electron chi connectivity index (χ3n) is 1.91. The number of amidine groups is 1. The van der Waals surface area contributed by atoms with Gasteiger partial charge in [0.05, 0.1) is 16.4 Å². The van der Waals surface area contributed by atoms with Crippen molar-refractivity contribution in [2.45, 2.75) is 6.92 Å². The van der Waals surface area contributed by atoms with Crippen LogP contribution in [0, 0.1) is 17.3 Å². The Balaban J connectivity index is 3.14. The van der Waals surface area contributed by atoms with E-state index in [9.17, 15) is 9.18 Å². The number of anilines is 1. The molecule has 2 N–H and O–H groups in total. The molecule has 0 bridgehead atoms. The zero-order chi connectivity index (χ0) is 14.4. The Kier molecular flexibility index (Phi) is 5.60. The average Bonchev–Trinajstić information content (AvgIpc) is 2.33. The quantitative estimate of drug-likeness (QED) is 0.381. The summed E-state index contributed by atoms with van der Waals surface area (Å²) < 4.78 is 13.8. The third kappa shape index (κ3) is 4.43. The van der Waals surface area contributed by atoms with E-state index in [1.165, 1.54) is 24.8 Å². The first-order valence-electron chi connectivity index (χ1n) is 5.02. The van der Waals surface area contributed by atoms with Crippen LogP contribution in [0.2, 0.25) is 5.02 Å². The van der Waals surface area contributed by atoms with Crippen LogP contribution in [0.1, 0.15) is 6.92 Å². The van der Waals surface area contributed by atoms with Gasteiger partial charge in [-0.3, -0.25) is 10.1 Å². The van der Waals surface area contributed by atoms with Crippen LogP contribution in [-0.4, -0.2) is 17.3 Å². The first kappa shape index (κ1) is 15.3. The Morgan fingerprint density at radius 1 is 1.58 bits per heavy atom. The number of nitriles is 1. The molecule has 100 valence electrons. The molecule has 8 heteroatoms. The monoisotopic (exact) mass is 300 g/mol. The summed E-state index contributed by atoms with van der Waals surface area (Å²) >= 11 is 7.06. The fraction of sp³-hybridized carbons (Fsp3) is 0.182. The van der Waals surface area contributed by atoms with Crippen LogP contribution in [0.5, 0.6) is 0 Å². The number of nitrogens with zero attached hydrogens (tertiary/aromatic N) is 2. The standard InChI is InChI=1S/C11H10ClFN4OS/c1-6(18)16-10-8(12)3-7(4-9(10)13)17-11(19-2)15-5-14/h3-4H,1-2H3,(H,15,17)(H,16,18). The summed E-state index contributed by atoms with van der Waals surface area (Å²) in [6.45, 7) is 1.25. The number of halogens is 2. The van der Waals surface area contributed by atoms with Crippen molar-refractivity contribution in [1.29, 1.82) is 5.26 Å². The van der Waals surface area contributed by atoms with Gasteiger partial charge in [0, 0.05) is 13.0 Å². The van der Waals surface area contributed by atoms with E-state index in [4.69, 9.17) is 16.9 Å². The predicted molar refractivity (Wildman–Crippen MR) is 75.1 cm³/mol. The van der Waals surface area contributed by atoms with Gasteiger partial charge in [-0.1, -0.05) is 23.4 Å². The number of carbonyl (C=O) groups excluding carboxylic acids is 1. The van der Waals surface area contributed by atoms with E-state index in [2.05, 4.69) is 15.6 Å². The second-order valence-corrected chi connectivity index (χ2v) is 4.53. The summed E-state index contributed by atoms with van der Waals surface area (Å²) in [6.07, 6.45) is 3.44. The molecule has 19 heavy (non-hydrogen) atoms. The molecule has 0 aliphatic carbocycles. The predicted octanol–water partition coefficient (Wildman–Crippen LogP) is 2.86. The molecular weight excluding hydrogens is 291 g/mol. The topological polar surface area (TPSA) is 77.3 Å². The number of hydrogen-bond acceptors (Lipinski definition) is 4. The molecule has 0 aromatic heterocycles. The smallest absolute Gasteiger partial charge is 0.221 e. The van der Waals surface area contributed by atoms with Crippen molar-refractivity contribution in [3.63, 3.8) is 0 Å². The summed E-state index contributed by atoms with van der Waals surface area (Å²) in [6, 6.07) is 2.51. The number of benzene rings is 1. The first-order valence-corrected chi connectivity index (χ1v) is 6.62. The van der Waals surface area contributed by atoms with E-state index in [0.29, 0.717) is 5.17 Å². The van der Waals surface area contributed by atoms with Crippen LogP contribution < -0.4 is 10.6 Å². The Bertz CT molecular complexity index is 547. The van der Waals surface area contributed by atoms with Crippen LogP contribution >= 0.6 is 23.4 Å². The summed E-state index contributed by atoms with van der Waals surface area (Å²) in [7, 11) is 0. The highest BCUT2D eigenvalue weighted by Crippen LogP contribution is 2.30. The third-order valence-corrected chi connectivity index (χ3v) is 2.79. The van der Waals surface area contributed by atoms with Gasteiger partial charge in [-0.2, -0.15) is 5.26 Å². The van der Waals surface area contributed by atoms with Crippen molar-refractivity contribution in [3.05, 3.63) is 23.0 Å². The molecule has 0 saturated heterocycles. The number of hydrogen-bond donors (Lipinski definition) is 2. The molecule has 0 spiro atoms.